The smallest absolute Gasteiger partial charge is 0.231 e. The van der Waals surface area contributed by atoms with Crippen molar-refractivity contribution in [1.82, 2.24) is 0 Å². The van der Waals surface area contributed by atoms with E-state index in [0.717, 1.165) is 11.1 Å². The minimum atomic E-state index is -0.391. The van der Waals surface area contributed by atoms with Crippen molar-refractivity contribution < 1.29 is 33.9 Å². The van der Waals surface area contributed by atoms with Gasteiger partial charge in [0.2, 0.25) is 6.79 Å². The number of hydrogen-bond donors (Lipinski definition) is 2. The third-order valence-corrected chi connectivity index (χ3v) is 5.50. The molecule has 0 aliphatic carbocycles. The maximum Gasteiger partial charge on any atom is 0.231 e. The molecule has 150 valence electrons. The average Bonchev–Trinajstić information content (AvgIpc) is 3.36. The molecule has 1 saturated heterocycles. The molecular formula is C21H24O7. The van der Waals surface area contributed by atoms with Gasteiger partial charge in [-0.25, -0.2) is 0 Å². The van der Waals surface area contributed by atoms with Crippen LogP contribution in [0.5, 0.6) is 23.0 Å². The Bertz CT molecular complexity index is 837. The summed E-state index contributed by atoms with van der Waals surface area (Å²) in [6.07, 6.45) is -0.771. The van der Waals surface area contributed by atoms with E-state index in [2.05, 4.69) is 0 Å². The van der Waals surface area contributed by atoms with E-state index >= 15 is 0 Å². The molecule has 7 nitrogen and oxygen atoms in total. The van der Waals surface area contributed by atoms with Crippen LogP contribution in [0.25, 0.3) is 0 Å². The lowest BCUT2D eigenvalue weighted by molar-refractivity contribution is 0.0183. The summed E-state index contributed by atoms with van der Waals surface area (Å²) in [5.41, 5.74) is 1.74. The summed E-state index contributed by atoms with van der Waals surface area (Å²) < 4.78 is 27.9. The zero-order valence-corrected chi connectivity index (χ0v) is 15.8. The van der Waals surface area contributed by atoms with E-state index in [1.807, 2.05) is 36.4 Å². The Balaban J connectivity index is 1.68. The van der Waals surface area contributed by atoms with Crippen LogP contribution in [-0.2, 0) is 4.74 Å². The van der Waals surface area contributed by atoms with Gasteiger partial charge in [-0.1, -0.05) is 12.1 Å². The van der Waals surface area contributed by atoms with E-state index in [4.69, 9.17) is 23.7 Å². The Morgan fingerprint density at radius 2 is 1.43 bits per heavy atom. The number of ether oxygens (including phenoxy) is 5. The second-order valence-corrected chi connectivity index (χ2v) is 6.90. The summed E-state index contributed by atoms with van der Waals surface area (Å²) in [5, 5.41) is 20.1. The molecule has 2 heterocycles. The second-order valence-electron chi connectivity index (χ2n) is 6.90. The molecular weight excluding hydrogens is 364 g/mol. The van der Waals surface area contributed by atoms with Gasteiger partial charge in [-0.2, -0.15) is 0 Å². The zero-order valence-electron chi connectivity index (χ0n) is 15.8. The molecule has 2 aliphatic rings. The van der Waals surface area contributed by atoms with Gasteiger partial charge >= 0.3 is 0 Å². The normalized spacial score (nSPS) is 25.7. The summed E-state index contributed by atoms with van der Waals surface area (Å²) >= 11 is 0. The van der Waals surface area contributed by atoms with Crippen LogP contribution in [-0.4, -0.2) is 44.4 Å². The molecule has 0 unspecified atom stereocenters. The van der Waals surface area contributed by atoms with Crippen LogP contribution >= 0.6 is 0 Å². The van der Waals surface area contributed by atoms with Gasteiger partial charge in [0.1, 0.15) is 0 Å². The van der Waals surface area contributed by atoms with Crippen molar-refractivity contribution in [1.29, 1.82) is 0 Å². The molecule has 0 aromatic heterocycles. The standard InChI is InChI=1S/C21H24O7/c1-24-16-5-3-12(7-18(16)25-2)20-14(9-22)15(10-23)21(28-20)13-4-6-17-19(8-13)27-11-26-17/h3-8,14-15,20-23H,9-11H2,1-2H3/t14-,15+,20-,21+/m1/s1. The lowest BCUT2D eigenvalue weighted by Gasteiger charge is -2.21. The highest BCUT2D eigenvalue weighted by Gasteiger charge is 2.45. The maximum absolute atomic E-state index is 10.1. The first-order valence-electron chi connectivity index (χ1n) is 9.18. The average molecular weight is 388 g/mol. The Hall–Kier alpha value is -2.48. The van der Waals surface area contributed by atoms with Crippen LogP contribution in [0.15, 0.2) is 36.4 Å². The lowest BCUT2D eigenvalue weighted by Crippen LogP contribution is -2.23. The Morgan fingerprint density at radius 1 is 0.821 bits per heavy atom. The van der Waals surface area contributed by atoms with Crippen LogP contribution in [0.1, 0.15) is 23.3 Å². The van der Waals surface area contributed by atoms with E-state index < -0.39 is 6.10 Å². The van der Waals surface area contributed by atoms with E-state index in [1.54, 1.807) is 14.2 Å². The minimum Gasteiger partial charge on any atom is -0.493 e. The summed E-state index contributed by atoms with van der Waals surface area (Å²) in [4.78, 5) is 0. The van der Waals surface area contributed by atoms with Crippen molar-refractivity contribution in [3.63, 3.8) is 0 Å². The van der Waals surface area contributed by atoms with Gasteiger partial charge in [0.25, 0.3) is 0 Å². The van der Waals surface area contributed by atoms with Gasteiger partial charge in [-0.3, -0.25) is 0 Å². The Labute approximate surface area is 163 Å². The first-order chi connectivity index (χ1) is 13.7. The Morgan fingerprint density at radius 3 is 2.07 bits per heavy atom. The molecule has 1 fully saturated rings. The SMILES string of the molecule is COc1ccc([C@H]2O[C@@H](c3ccc4c(c3)OCO4)[C@@H](CO)[C@H]2CO)cc1OC. The molecule has 28 heavy (non-hydrogen) atoms. The number of hydrogen-bond acceptors (Lipinski definition) is 7. The number of fused-ring (bicyclic) bond motifs is 1. The van der Waals surface area contributed by atoms with E-state index in [-0.39, 0.29) is 37.9 Å². The van der Waals surface area contributed by atoms with E-state index in [9.17, 15) is 10.2 Å². The van der Waals surface area contributed by atoms with E-state index in [1.165, 1.54) is 0 Å². The van der Waals surface area contributed by atoms with Gasteiger partial charge in [-0.05, 0) is 35.4 Å². The summed E-state index contributed by atoms with van der Waals surface area (Å²) in [7, 11) is 3.16. The third kappa shape index (κ3) is 3.15. The number of aliphatic hydroxyl groups excluding tert-OH is 2. The molecule has 0 spiro atoms. The summed E-state index contributed by atoms with van der Waals surface area (Å²) in [5.74, 6) is 2.04. The minimum absolute atomic E-state index is 0.103. The fraction of sp³-hybridized carbons (Fsp3) is 0.429. The molecule has 2 aliphatic heterocycles. The molecule has 0 bridgehead atoms. The van der Waals surface area contributed by atoms with Crippen LogP contribution in [0.2, 0.25) is 0 Å². The summed E-state index contributed by atoms with van der Waals surface area (Å²) in [6, 6.07) is 11.2. The molecule has 0 amide bonds. The van der Waals surface area contributed by atoms with Gasteiger partial charge < -0.3 is 33.9 Å². The molecule has 0 saturated carbocycles. The number of benzene rings is 2. The van der Waals surface area contributed by atoms with E-state index in [0.29, 0.717) is 23.0 Å². The number of aliphatic hydroxyl groups is 2. The summed E-state index contributed by atoms with van der Waals surface area (Å²) in [6.45, 7) is -0.0132. The fourth-order valence-corrected chi connectivity index (χ4v) is 4.04. The van der Waals surface area contributed by atoms with Gasteiger partial charge in [0, 0.05) is 25.0 Å². The molecule has 7 heteroatoms. The largest absolute Gasteiger partial charge is 0.493 e. The van der Waals surface area contributed by atoms with Gasteiger partial charge in [0.15, 0.2) is 23.0 Å². The molecule has 2 aromatic carbocycles. The van der Waals surface area contributed by atoms with Crippen molar-refractivity contribution in [3.05, 3.63) is 47.5 Å². The topological polar surface area (TPSA) is 86.6 Å². The molecule has 2 N–H and O–H groups in total. The maximum atomic E-state index is 10.1. The van der Waals surface area contributed by atoms with Crippen molar-refractivity contribution in [3.8, 4) is 23.0 Å². The zero-order chi connectivity index (χ0) is 19.7. The van der Waals surface area contributed by atoms with Crippen LogP contribution < -0.4 is 18.9 Å². The van der Waals surface area contributed by atoms with Crippen LogP contribution in [0.3, 0.4) is 0 Å². The monoisotopic (exact) mass is 388 g/mol. The van der Waals surface area contributed by atoms with Crippen molar-refractivity contribution in [2.75, 3.05) is 34.2 Å². The lowest BCUT2D eigenvalue weighted by atomic mass is 9.83. The highest BCUT2D eigenvalue weighted by atomic mass is 16.7. The predicted octanol–water partition coefficient (Wildman–Crippen LogP) is 2.46. The van der Waals surface area contributed by atoms with Crippen LogP contribution in [0, 0.1) is 11.8 Å². The van der Waals surface area contributed by atoms with Crippen LogP contribution in [0.4, 0.5) is 0 Å². The van der Waals surface area contributed by atoms with Gasteiger partial charge in [0.05, 0.1) is 26.4 Å². The molecule has 4 atom stereocenters. The number of rotatable bonds is 6. The van der Waals surface area contributed by atoms with Crippen molar-refractivity contribution in [2.45, 2.75) is 12.2 Å². The second kappa shape index (κ2) is 7.87. The Kier molecular flexibility index (Phi) is 5.30. The highest BCUT2D eigenvalue weighted by Crippen LogP contribution is 2.51. The first-order valence-corrected chi connectivity index (χ1v) is 9.18. The highest BCUT2D eigenvalue weighted by molar-refractivity contribution is 5.46. The first kappa shape index (κ1) is 18.9. The fourth-order valence-electron chi connectivity index (χ4n) is 4.04. The predicted molar refractivity (Wildman–Crippen MR) is 99.8 cm³/mol. The van der Waals surface area contributed by atoms with Crippen molar-refractivity contribution >= 4 is 0 Å². The van der Waals surface area contributed by atoms with Crippen molar-refractivity contribution in [2.24, 2.45) is 11.8 Å². The number of methoxy groups -OCH3 is 2. The van der Waals surface area contributed by atoms with Gasteiger partial charge in [-0.15, -0.1) is 0 Å². The quantitative estimate of drug-likeness (QED) is 0.786. The third-order valence-electron chi connectivity index (χ3n) is 5.50. The molecule has 4 rings (SSSR count). The molecule has 2 aromatic rings. The molecule has 0 radical (unpaired) electrons.